The van der Waals surface area contributed by atoms with Gasteiger partial charge in [-0.1, -0.05) is 23.2 Å². The van der Waals surface area contributed by atoms with Crippen LogP contribution in [0.4, 0.5) is 0 Å². The van der Waals surface area contributed by atoms with Gasteiger partial charge in [0.25, 0.3) is 0 Å². The van der Waals surface area contributed by atoms with Crippen molar-refractivity contribution >= 4 is 23.2 Å². The standard InChI is InChI=1S/C6H5Cl2NO/c1-10-6-3-4(7)2-5(8)9-6/h2-3H,1H3. The van der Waals surface area contributed by atoms with Crippen molar-refractivity contribution in [3.63, 3.8) is 0 Å². The van der Waals surface area contributed by atoms with E-state index in [1.54, 1.807) is 12.1 Å². The molecule has 0 fully saturated rings. The zero-order valence-corrected chi connectivity index (χ0v) is 6.78. The maximum Gasteiger partial charge on any atom is 0.215 e. The van der Waals surface area contributed by atoms with Gasteiger partial charge < -0.3 is 4.74 Å². The van der Waals surface area contributed by atoms with Gasteiger partial charge in [-0.2, -0.15) is 0 Å². The highest BCUT2D eigenvalue weighted by Gasteiger charge is 1.97. The van der Waals surface area contributed by atoms with Crippen LogP contribution in [0, 0.1) is 0 Å². The highest BCUT2D eigenvalue weighted by Crippen LogP contribution is 2.19. The summed E-state index contributed by atoms with van der Waals surface area (Å²) < 4.78 is 4.80. The van der Waals surface area contributed by atoms with Gasteiger partial charge in [-0.05, 0) is 6.07 Å². The maximum absolute atomic E-state index is 5.62. The van der Waals surface area contributed by atoms with E-state index in [-0.39, 0.29) is 0 Å². The molecular weight excluding hydrogens is 173 g/mol. The fraction of sp³-hybridized carbons (Fsp3) is 0.167. The minimum atomic E-state index is 0.337. The van der Waals surface area contributed by atoms with Crippen LogP contribution in [0.2, 0.25) is 10.2 Å². The van der Waals surface area contributed by atoms with Crippen LogP contribution < -0.4 is 4.74 Å². The normalized spacial score (nSPS) is 9.50. The zero-order valence-electron chi connectivity index (χ0n) is 5.27. The molecule has 1 aromatic rings. The molecule has 1 rings (SSSR count). The van der Waals surface area contributed by atoms with Crippen LogP contribution in [0.25, 0.3) is 0 Å². The van der Waals surface area contributed by atoms with Gasteiger partial charge in [0.1, 0.15) is 5.15 Å². The van der Waals surface area contributed by atoms with Gasteiger partial charge in [0.05, 0.1) is 7.11 Å². The molecule has 0 saturated heterocycles. The van der Waals surface area contributed by atoms with Crippen molar-refractivity contribution < 1.29 is 4.74 Å². The van der Waals surface area contributed by atoms with Gasteiger partial charge in [-0.15, -0.1) is 0 Å². The summed E-state index contributed by atoms with van der Waals surface area (Å²) in [5.41, 5.74) is 0. The van der Waals surface area contributed by atoms with Crippen LogP contribution in [-0.2, 0) is 0 Å². The summed E-state index contributed by atoms with van der Waals surface area (Å²) >= 11 is 11.2. The molecule has 4 heteroatoms. The molecular formula is C6H5Cl2NO. The fourth-order valence-electron chi connectivity index (χ4n) is 0.548. The third kappa shape index (κ3) is 1.75. The first-order chi connectivity index (χ1) is 4.72. The quantitative estimate of drug-likeness (QED) is 0.616. The van der Waals surface area contributed by atoms with Crippen molar-refractivity contribution in [1.29, 1.82) is 0 Å². The number of methoxy groups -OCH3 is 1. The number of aromatic nitrogens is 1. The van der Waals surface area contributed by atoms with E-state index in [2.05, 4.69) is 4.98 Å². The topological polar surface area (TPSA) is 22.1 Å². The van der Waals surface area contributed by atoms with Crippen molar-refractivity contribution in [3.8, 4) is 5.88 Å². The largest absolute Gasteiger partial charge is 0.481 e. The van der Waals surface area contributed by atoms with Gasteiger partial charge in [-0.3, -0.25) is 0 Å². The van der Waals surface area contributed by atoms with E-state index in [0.29, 0.717) is 16.1 Å². The number of hydrogen-bond acceptors (Lipinski definition) is 2. The van der Waals surface area contributed by atoms with Crippen LogP contribution in [0.1, 0.15) is 0 Å². The molecule has 0 atom stereocenters. The van der Waals surface area contributed by atoms with Crippen LogP contribution in [-0.4, -0.2) is 12.1 Å². The van der Waals surface area contributed by atoms with Gasteiger partial charge in [0.2, 0.25) is 5.88 Å². The molecule has 0 saturated carbocycles. The minimum absolute atomic E-state index is 0.337. The molecule has 0 aromatic carbocycles. The minimum Gasteiger partial charge on any atom is -0.481 e. The summed E-state index contributed by atoms with van der Waals surface area (Å²) in [5, 5.41) is 0.862. The smallest absolute Gasteiger partial charge is 0.215 e. The predicted molar refractivity (Wildman–Crippen MR) is 40.8 cm³/mol. The van der Waals surface area contributed by atoms with Crippen molar-refractivity contribution in [2.75, 3.05) is 7.11 Å². The Bertz CT molecular complexity index is 219. The number of hydrogen-bond donors (Lipinski definition) is 0. The summed E-state index contributed by atoms with van der Waals surface area (Å²) in [6.07, 6.45) is 0. The third-order valence-corrected chi connectivity index (χ3v) is 1.36. The number of rotatable bonds is 1. The Balaban J connectivity index is 3.06. The second-order valence-electron chi connectivity index (χ2n) is 1.65. The van der Waals surface area contributed by atoms with E-state index >= 15 is 0 Å². The van der Waals surface area contributed by atoms with E-state index in [1.165, 1.54) is 7.11 Å². The Morgan fingerprint density at radius 1 is 1.40 bits per heavy atom. The zero-order chi connectivity index (χ0) is 7.56. The first-order valence-electron chi connectivity index (χ1n) is 2.59. The molecule has 0 radical (unpaired) electrons. The fourth-order valence-corrected chi connectivity index (χ4v) is 1.00. The van der Waals surface area contributed by atoms with E-state index in [1.807, 2.05) is 0 Å². The molecule has 0 bridgehead atoms. The third-order valence-electron chi connectivity index (χ3n) is 0.944. The SMILES string of the molecule is COc1cc(Cl)cc(Cl)n1. The molecule has 0 spiro atoms. The Morgan fingerprint density at radius 2 is 2.10 bits per heavy atom. The average molecular weight is 178 g/mol. The van der Waals surface area contributed by atoms with Gasteiger partial charge in [0.15, 0.2) is 0 Å². The van der Waals surface area contributed by atoms with E-state index in [9.17, 15) is 0 Å². The van der Waals surface area contributed by atoms with E-state index in [4.69, 9.17) is 27.9 Å². The van der Waals surface area contributed by atoms with Crippen LogP contribution in [0.5, 0.6) is 5.88 Å². The number of nitrogens with zero attached hydrogens (tertiary/aromatic N) is 1. The van der Waals surface area contributed by atoms with Crippen molar-refractivity contribution in [2.24, 2.45) is 0 Å². The number of ether oxygens (including phenoxy) is 1. The highest BCUT2D eigenvalue weighted by molar-refractivity contribution is 6.34. The Morgan fingerprint density at radius 3 is 2.60 bits per heavy atom. The second kappa shape index (κ2) is 3.08. The lowest BCUT2D eigenvalue weighted by Gasteiger charge is -1.98. The van der Waals surface area contributed by atoms with Crippen molar-refractivity contribution in [3.05, 3.63) is 22.3 Å². The van der Waals surface area contributed by atoms with Crippen LogP contribution in [0.3, 0.4) is 0 Å². The number of pyridine rings is 1. The summed E-state index contributed by atoms with van der Waals surface area (Å²) in [6, 6.07) is 3.14. The molecule has 10 heavy (non-hydrogen) atoms. The van der Waals surface area contributed by atoms with E-state index in [0.717, 1.165) is 0 Å². The van der Waals surface area contributed by atoms with Gasteiger partial charge in [0, 0.05) is 11.1 Å². The summed E-state index contributed by atoms with van der Waals surface area (Å²) in [5.74, 6) is 0.428. The first-order valence-corrected chi connectivity index (χ1v) is 3.35. The van der Waals surface area contributed by atoms with Gasteiger partial charge in [-0.25, -0.2) is 4.98 Å². The average Bonchev–Trinajstić information content (AvgIpc) is 1.85. The van der Waals surface area contributed by atoms with E-state index < -0.39 is 0 Å². The molecule has 0 aliphatic rings. The first kappa shape index (κ1) is 7.63. The Labute approximate surface area is 68.7 Å². The number of halogens is 2. The summed E-state index contributed by atoms with van der Waals surface area (Å²) in [7, 11) is 1.51. The molecule has 0 amide bonds. The highest BCUT2D eigenvalue weighted by atomic mass is 35.5. The molecule has 1 aromatic heterocycles. The lowest BCUT2D eigenvalue weighted by molar-refractivity contribution is 0.398. The van der Waals surface area contributed by atoms with Crippen molar-refractivity contribution in [2.45, 2.75) is 0 Å². The van der Waals surface area contributed by atoms with Crippen LogP contribution in [0.15, 0.2) is 12.1 Å². The maximum atomic E-state index is 5.62. The lowest BCUT2D eigenvalue weighted by atomic mass is 10.5. The predicted octanol–water partition coefficient (Wildman–Crippen LogP) is 2.40. The Kier molecular flexibility index (Phi) is 2.35. The Hall–Kier alpha value is -0.470. The lowest BCUT2D eigenvalue weighted by Crippen LogP contribution is -1.86. The summed E-state index contributed by atoms with van der Waals surface area (Å²) in [6.45, 7) is 0. The molecule has 0 unspecified atom stereocenters. The monoisotopic (exact) mass is 177 g/mol. The molecule has 54 valence electrons. The molecule has 0 N–H and O–H groups in total. The van der Waals surface area contributed by atoms with Crippen molar-refractivity contribution in [1.82, 2.24) is 4.98 Å². The molecule has 2 nitrogen and oxygen atoms in total. The summed E-state index contributed by atoms with van der Waals surface area (Å²) in [4.78, 5) is 3.81. The van der Waals surface area contributed by atoms with Crippen LogP contribution >= 0.6 is 23.2 Å². The molecule has 0 aliphatic heterocycles. The molecule has 1 heterocycles. The molecule has 0 aliphatic carbocycles. The van der Waals surface area contributed by atoms with Gasteiger partial charge >= 0.3 is 0 Å². The second-order valence-corrected chi connectivity index (χ2v) is 2.47.